The summed E-state index contributed by atoms with van der Waals surface area (Å²) in [5, 5.41) is 24.8. The van der Waals surface area contributed by atoms with Crippen LogP contribution in [-0.2, 0) is 19.0 Å². The maximum Gasteiger partial charge on any atom is 0.405 e. The predicted octanol–water partition coefficient (Wildman–Crippen LogP) is 4.00. The first-order valence-electron chi connectivity index (χ1n) is 12.7. The van der Waals surface area contributed by atoms with Crippen LogP contribution in [0.25, 0.3) is 0 Å². The number of aliphatic hydroxyl groups is 2. The van der Waals surface area contributed by atoms with E-state index in [1.54, 1.807) is 39.8 Å². The molecule has 0 saturated carbocycles. The fourth-order valence-corrected chi connectivity index (χ4v) is 4.74. The molecule has 0 unspecified atom stereocenters. The number of nitrogens with one attached hydrogen (secondary N) is 1. The van der Waals surface area contributed by atoms with Crippen LogP contribution in [0.4, 0.5) is 14.9 Å². The second-order valence-corrected chi connectivity index (χ2v) is 9.98. The number of primary amides is 1. The predicted molar refractivity (Wildman–Crippen MR) is 142 cm³/mol. The van der Waals surface area contributed by atoms with E-state index in [4.69, 9.17) is 19.9 Å². The van der Waals surface area contributed by atoms with Crippen molar-refractivity contribution in [3.63, 3.8) is 0 Å². The number of methoxy groups -OCH3 is 2. The molecule has 1 aliphatic heterocycles. The molecular weight excluding hydrogens is 495 g/mol. The van der Waals surface area contributed by atoms with Crippen LogP contribution < -0.4 is 11.1 Å². The van der Waals surface area contributed by atoms with E-state index in [9.17, 15) is 24.2 Å². The third kappa shape index (κ3) is 8.36. The second kappa shape index (κ2) is 14.4. The van der Waals surface area contributed by atoms with Crippen LogP contribution in [0.1, 0.15) is 58.6 Å². The maximum absolute atomic E-state index is 14.7. The lowest BCUT2D eigenvalue weighted by atomic mass is 9.86. The number of ether oxygens (including phenoxy) is 3. The van der Waals surface area contributed by atoms with Gasteiger partial charge in [0.25, 0.3) is 5.91 Å². The summed E-state index contributed by atoms with van der Waals surface area (Å²) in [6.45, 7) is 6.93. The van der Waals surface area contributed by atoms with Gasteiger partial charge in [-0.05, 0) is 62.8 Å². The quantitative estimate of drug-likeness (QED) is 0.428. The minimum atomic E-state index is -1.21. The van der Waals surface area contributed by atoms with Gasteiger partial charge in [-0.2, -0.15) is 0 Å². The van der Waals surface area contributed by atoms with Gasteiger partial charge in [-0.1, -0.05) is 26.0 Å². The zero-order valence-electron chi connectivity index (χ0n) is 22.9. The number of hydrogen-bond donors (Lipinski definition) is 4. The monoisotopic (exact) mass is 536 g/mol. The number of nitrogens with two attached hydrogens (primary N) is 1. The van der Waals surface area contributed by atoms with Gasteiger partial charge in [-0.25, -0.2) is 9.18 Å². The molecule has 1 heterocycles. The van der Waals surface area contributed by atoms with Crippen molar-refractivity contribution in [2.45, 2.75) is 77.5 Å². The highest BCUT2D eigenvalue weighted by Crippen LogP contribution is 2.32. The van der Waals surface area contributed by atoms with Crippen molar-refractivity contribution in [1.29, 1.82) is 0 Å². The summed E-state index contributed by atoms with van der Waals surface area (Å²) >= 11 is 0. The van der Waals surface area contributed by atoms with E-state index in [1.165, 1.54) is 32.4 Å². The molecule has 2 bridgehead atoms. The molecule has 9 nitrogen and oxygen atoms in total. The molecule has 10 heteroatoms. The first kappa shape index (κ1) is 31.4. The summed E-state index contributed by atoms with van der Waals surface area (Å²) < 4.78 is 31.2. The smallest absolute Gasteiger partial charge is 0.405 e. The number of halogens is 1. The molecule has 0 aliphatic carbocycles. The molecule has 38 heavy (non-hydrogen) atoms. The zero-order valence-corrected chi connectivity index (χ0v) is 22.9. The lowest BCUT2D eigenvalue weighted by molar-refractivity contribution is -0.112. The Morgan fingerprint density at radius 2 is 1.79 bits per heavy atom. The van der Waals surface area contributed by atoms with Crippen LogP contribution >= 0.6 is 0 Å². The normalized spacial score (nSPS) is 32.9. The third-order valence-corrected chi connectivity index (χ3v) is 7.06. The lowest BCUT2D eigenvalue weighted by Gasteiger charge is -2.31. The van der Waals surface area contributed by atoms with Crippen LogP contribution in [0, 0.1) is 17.7 Å². The van der Waals surface area contributed by atoms with Crippen molar-refractivity contribution in [2.24, 2.45) is 17.6 Å². The summed E-state index contributed by atoms with van der Waals surface area (Å²) in [7, 11) is 2.95. The molecule has 7 atom stereocenters. The van der Waals surface area contributed by atoms with Gasteiger partial charge < -0.3 is 35.5 Å². The molecule has 0 radical (unpaired) electrons. The van der Waals surface area contributed by atoms with Crippen LogP contribution in [0.2, 0.25) is 0 Å². The molecule has 2 amide bonds. The molecule has 1 aromatic carbocycles. The number of hydrogen-bond acceptors (Lipinski definition) is 7. The topological polar surface area (TPSA) is 140 Å². The number of benzene rings is 1. The third-order valence-electron chi connectivity index (χ3n) is 7.06. The van der Waals surface area contributed by atoms with Crippen LogP contribution in [0.5, 0.6) is 0 Å². The minimum absolute atomic E-state index is 0.0392. The van der Waals surface area contributed by atoms with E-state index >= 15 is 0 Å². The maximum atomic E-state index is 14.7. The Hall–Kier alpha value is -2.79. The summed E-state index contributed by atoms with van der Waals surface area (Å²) in [6, 6.07) is 4.03. The number of allylic oxidation sites excluding steroid dienone is 1. The number of fused-ring (bicyclic) bond motifs is 2. The minimum Gasteiger partial charge on any atom is -0.439 e. The van der Waals surface area contributed by atoms with Crippen molar-refractivity contribution in [3.8, 4) is 0 Å². The van der Waals surface area contributed by atoms with Crippen LogP contribution in [0.3, 0.4) is 0 Å². The van der Waals surface area contributed by atoms with Gasteiger partial charge in [0.05, 0.1) is 24.4 Å². The highest BCUT2D eigenvalue weighted by atomic mass is 19.1. The average Bonchev–Trinajstić information content (AvgIpc) is 2.87. The van der Waals surface area contributed by atoms with E-state index < -0.39 is 54.3 Å². The summed E-state index contributed by atoms with van der Waals surface area (Å²) in [5.74, 6) is -1.92. The number of carbonyl (C=O) groups is 2. The molecule has 0 aromatic heterocycles. The molecule has 0 spiro atoms. The molecule has 1 aliphatic rings. The van der Waals surface area contributed by atoms with Crippen molar-refractivity contribution >= 4 is 17.7 Å². The van der Waals surface area contributed by atoms with E-state index in [1.807, 2.05) is 0 Å². The summed E-state index contributed by atoms with van der Waals surface area (Å²) in [6.07, 6.45) is -0.673. The van der Waals surface area contributed by atoms with Gasteiger partial charge in [0, 0.05) is 37.0 Å². The van der Waals surface area contributed by atoms with Gasteiger partial charge in [-0.15, -0.1) is 0 Å². The van der Waals surface area contributed by atoms with E-state index in [2.05, 4.69) is 5.32 Å². The molecule has 1 aromatic rings. The summed E-state index contributed by atoms with van der Waals surface area (Å²) in [5.41, 5.74) is 6.76. The van der Waals surface area contributed by atoms with Crippen molar-refractivity contribution in [1.82, 2.24) is 0 Å². The standard InChI is InChI=1S/C28H41FN2O7/c1-15-8-7-9-22(36-5)26(38-28(30)35)18(4)12-16(2)25(33)23(37-6)13-17(3)24(32)20-14-19(31-27(15)34)10-11-21(20)29/h8,10-12,14,16-17,22-26,32-33H,7,9,13H2,1-6H3,(H2,30,35)(H,31,34)/b15-8+,18-12+/t16-,17-,22-,23-,24+,25+,26-/m0/s1. The van der Waals surface area contributed by atoms with Crippen molar-refractivity contribution in [3.05, 3.63) is 52.9 Å². The fraction of sp³-hybridized carbons (Fsp3) is 0.571. The van der Waals surface area contributed by atoms with E-state index in [-0.39, 0.29) is 17.9 Å². The van der Waals surface area contributed by atoms with Gasteiger partial charge in [0.15, 0.2) is 6.10 Å². The van der Waals surface area contributed by atoms with Gasteiger partial charge in [-0.3, -0.25) is 4.79 Å². The number of rotatable bonds is 3. The van der Waals surface area contributed by atoms with Gasteiger partial charge in [0.2, 0.25) is 0 Å². The SMILES string of the molecule is CO[C@H]1C[C@H](C)[C@@H](O)c2cc(ccc2F)NC(=O)/C(C)=C/CC[C@H](OC)[C@@H](OC(N)=O)/C(C)=C/[C@H](C)[C@H]1O. The Balaban J connectivity index is 2.52. The highest BCUT2D eigenvalue weighted by molar-refractivity contribution is 6.03. The number of aliphatic hydroxyl groups excluding tert-OH is 2. The van der Waals surface area contributed by atoms with E-state index in [0.29, 0.717) is 29.7 Å². The number of anilines is 1. The first-order valence-corrected chi connectivity index (χ1v) is 12.7. The fourth-order valence-electron chi connectivity index (χ4n) is 4.74. The largest absolute Gasteiger partial charge is 0.439 e. The number of carbonyl (C=O) groups excluding carboxylic acids is 2. The highest BCUT2D eigenvalue weighted by Gasteiger charge is 2.31. The Bertz CT molecular complexity index is 1030. The van der Waals surface area contributed by atoms with Crippen LogP contribution in [0.15, 0.2) is 41.5 Å². The molecule has 5 N–H and O–H groups in total. The zero-order chi connectivity index (χ0) is 28.6. The average molecular weight is 537 g/mol. The second-order valence-electron chi connectivity index (χ2n) is 9.98. The molecular formula is C28H41FN2O7. The van der Waals surface area contributed by atoms with Gasteiger partial charge >= 0.3 is 6.09 Å². The van der Waals surface area contributed by atoms with Crippen LogP contribution in [-0.4, -0.2) is 60.8 Å². The number of amides is 2. The Labute approximate surface area is 223 Å². The molecule has 2 rings (SSSR count). The van der Waals surface area contributed by atoms with Gasteiger partial charge in [0.1, 0.15) is 5.82 Å². The van der Waals surface area contributed by atoms with Crippen molar-refractivity contribution in [2.75, 3.05) is 19.5 Å². The Morgan fingerprint density at radius 3 is 2.39 bits per heavy atom. The van der Waals surface area contributed by atoms with E-state index in [0.717, 1.165) is 0 Å². The summed E-state index contributed by atoms with van der Waals surface area (Å²) in [4.78, 5) is 24.4. The molecule has 212 valence electrons. The van der Waals surface area contributed by atoms with Crippen molar-refractivity contribution < 1.29 is 38.4 Å². The Kier molecular flexibility index (Phi) is 11.9. The Morgan fingerprint density at radius 1 is 1.13 bits per heavy atom. The first-order chi connectivity index (χ1) is 17.9. The lowest BCUT2D eigenvalue weighted by Crippen LogP contribution is -2.38. The molecule has 0 saturated heterocycles. The molecule has 0 fully saturated rings.